The van der Waals surface area contributed by atoms with Gasteiger partial charge in [-0.25, -0.2) is 0 Å². The Morgan fingerprint density at radius 1 is 1.42 bits per heavy atom. The summed E-state index contributed by atoms with van der Waals surface area (Å²) >= 11 is 1.55. The van der Waals surface area contributed by atoms with Gasteiger partial charge in [0, 0.05) is 17.0 Å². The molecule has 1 aliphatic heterocycles. The van der Waals surface area contributed by atoms with Crippen LogP contribution in [0.15, 0.2) is 33.7 Å². The van der Waals surface area contributed by atoms with Crippen molar-refractivity contribution in [3.05, 3.63) is 41.5 Å². The summed E-state index contributed by atoms with van der Waals surface area (Å²) in [6, 6.07) is 6.78. The van der Waals surface area contributed by atoms with Crippen LogP contribution in [0.4, 0.5) is 0 Å². The number of hydrogen-bond acceptors (Lipinski definition) is 6. The summed E-state index contributed by atoms with van der Waals surface area (Å²) in [6.07, 6.45) is 1.55. The number of piperidine rings is 1. The molecule has 2 amide bonds. The standard InChI is InChI=1S/C16H18N4O3S/c1-10-18-14(23-20-10)9-24-12-6-4-11(5-7-12)15(21)19-13-3-2-8-17-16(13)22/h4-7,13H,2-3,8-9H2,1H3,(H,17,22)(H,19,21). The summed E-state index contributed by atoms with van der Waals surface area (Å²) < 4.78 is 5.06. The highest BCUT2D eigenvalue weighted by Crippen LogP contribution is 2.22. The van der Waals surface area contributed by atoms with Crippen LogP contribution in [0.25, 0.3) is 0 Å². The molecule has 0 bridgehead atoms. The Bertz CT molecular complexity index is 729. The fourth-order valence-electron chi connectivity index (χ4n) is 2.40. The van der Waals surface area contributed by atoms with E-state index in [-0.39, 0.29) is 11.8 Å². The Morgan fingerprint density at radius 2 is 2.21 bits per heavy atom. The topological polar surface area (TPSA) is 97.1 Å². The molecule has 1 aromatic heterocycles. The molecule has 2 aromatic rings. The minimum atomic E-state index is -0.443. The highest BCUT2D eigenvalue weighted by Gasteiger charge is 2.23. The molecule has 0 radical (unpaired) electrons. The van der Waals surface area contributed by atoms with E-state index in [0.717, 1.165) is 11.3 Å². The Labute approximate surface area is 143 Å². The molecular weight excluding hydrogens is 328 g/mol. The number of aryl methyl sites for hydroxylation is 1. The maximum absolute atomic E-state index is 12.2. The van der Waals surface area contributed by atoms with E-state index in [4.69, 9.17) is 4.52 Å². The Kier molecular flexibility index (Phi) is 5.14. The lowest BCUT2D eigenvalue weighted by Gasteiger charge is -2.22. The predicted octanol–water partition coefficient (Wildman–Crippen LogP) is 1.68. The zero-order valence-electron chi connectivity index (χ0n) is 13.2. The van der Waals surface area contributed by atoms with Crippen LogP contribution in [-0.4, -0.2) is 34.5 Å². The molecule has 1 aliphatic rings. The van der Waals surface area contributed by atoms with E-state index in [9.17, 15) is 9.59 Å². The van der Waals surface area contributed by atoms with E-state index in [1.165, 1.54) is 0 Å². The summed E-state index contributed by atoms with van der Waals surface area (Å²) in [5.41, 5.74) is 0.534. The van der Waals surface area contributed by atoms with E-state index in [0.29, 0.717) is 36.0 Å². The van der Waals surface area contributed by atoms with Gasteiger partial charge in [-0.15, -0.1) is 11.8 Å². The van der Waals surface area contributed by atoms with E-state index < -0.39 is 6.04 Å². The van der Waals surface area contributed by atoms with Gasteiger partial charge < -0.3 is 15.2 Å². The van der Waals surface area contributed by atoms with Crippen LogP contribution in [-0.2, 0) is 10.5 Å². The molecule has 0 spiro atoms. The van der Waals surface area contributed by atoms with E-state index >= 15 is 0 Å². The van der Waals surface area contributed by atoms with Crippen molar-refractivity contribution in [3.63, 3.8) is 0 Å². The van der Waals surface area contributed by atoms with E-state index in [1.54, 1.807) is 30.8 Å². The summed E-state index contributed by atoms with van der Waals surface area (Å²) in [5.74, 6) is 1.42. The molecule has 2 N–H and O–H groups in total. The van der Waals surface area contributed by atoms with Crippen LogP contribution >= 0.6 is 11.8 Å². The maximum atomic E-state index is 12.2. The van der Waals surface area contributed by atoms with Crippen molar-refractivity contribution >= 4 is 23.6 Å². The number of carbonyl (C=O) groups is 2. The lowest BCUT2D eigenvalue weighted by atomic mass is 10.1. The third-order valence-electron chi connectivity index (χ3n) is 3.64. The van der Waals surface area contributed by atoms with E-state index in [1.807, 2.05) is 12.1 Å². The van der Waals surface area contributed by atoms with Crippen molar-refractivity contribution in [1.82, 2.24) is 20.8 Å². The molecule has 1 atom stereocenters. The first-order valence-corrected chi connectivity index (χ1v) is 8.71. The predicted molar refractivity (Wildman–Crippen MR) is 88.5 cm³/mol. The van der Waals surface area contributed by atoms with Crippen molar-refractivity contribution in [1.29, 1.82) is 0 Å². The number of carbonyl (C=O) groups excluding carboxylic acids is 2. The Hall–Kier alpha value is -2.35. The van der Waals surface area contributed by atoms with E-state index in [2.05, 4.69) is 20.8 Å². The first-order valence-electron chi connectivity index (χ1n) is 7.72. The maximum Gasteiger partial charge on any atom is 0.251 e. The van der Waals surface area contributed by atoms with Gasteiger partial charge in [-0.05, 0) is 44.0 Å². The third kappa shape index (κ3) is 4.14. The van der Waals surface area contributed by atoms with Gasteiger partial charge in [-0.3, -0.25) is 9.59 Å². The Balaban J connectivity index is 1.55. The number of aromatic nitrogens is 2. The summed E-state index contributed by atoms with van der Waals surface area (Å²) in [4.78, 5) is 29.0. The molecule has 3 rings (SSSR count). The van der Waals surface area contributed by atoms with Gasteiger partial charge in [0.15, 0.2) is 5.82 Å². The molecule has 24 heavy (non-hydrogen) atoms. The molecule has 0 aliphatic carbocycles. The van der Waals surface area contributed by atoms with Crippen LogP contribution < -0.4 is 10.6 Å². The second-order valence-corrected chi connectivity index (χ2v) is 6.56. The number of rotatable bonds is 5. The lowest BCUT2D eigenvalue weighted by molar-refractivity contribution is -0.124. The van der Waals surface area contributed by atoms with Gasteiger partial charge >= 0.3 is 0 Å². The molecule has 2 heterocycles. The molecule has 1 unspecified atom stereocenters. The lowest BCUT2D eigenvalue weighted by Crippen LogP contribution is -2.50. The first-order chi connectivity index (χ1) is 11.6. The average molecular weight is 346 g/mol. The summed E-state index contributed by atoms with van der Waals surface area (Å²) in [6.45, 7) is 2.45. The largest absolute Gasteiger partial charge is 0.354 e. The highest BCUT2D eigenvalue weighted by molar-refractivity contribution is 7.98. The third-order valence-corrected chi connectivity index (χ3v) is 4.64. The minimum absolute atomic E-state index is 0.114. The van der Waals surface area contributed by atoms with Crippen LogP contribution in [0.5, 0.6) is 0 Å². The zero-order valence-corrected chi connectivity index (χ0v) is 14.1. The number of nitrogens with one attached hydrogen (secondary N) is 2. The van der Waals surface area contributed by atoms with Crippen LogP contribution in [0, 0.1) is 6.92 Å². The quantitative estimate of drug-likeness (QED) is 0.800. The second kappa shape index (κ2) is 7.48. The summed E-state index contributed by atoms with van der Waals surface area (Å²) in [7, 11) is 0. The molecule has 126 valence electrons. The van der Waals surface area contributed by atoms with Crippen LogP contribution in [0.2, 0.25) is 0 Å². The molecule has 8 heteroatoms. The second-order valence-electron chi connectivity index (χ2n) is 5.51. The summed E-state index contributed by atoms with van der Waals surface area (Å²) in [5, 5.41) is 9.27. The van der Waals surface area contributed by atoms with Gasteiger partial charge in [0.1, 0.15) is 6.04 Å². The fraction of sp³-hybridized carbons (Fsp3) is 0.375. The highest BCUT2D eigenvalue weighted by atomic mass is 32.2. The number of hydrogen-bond donors (Lipinski definition) is 2. The van der Waals surface area contributed by atoms with Crippen molar-refractivity contribution < 1.29 is 14.1 Å². The SMILES string of the molecule is Cc1noc(CSc2ccc(C(=O)NC3CCCNC3=O)cc2)n1. The number of amides is 2. The van der Waals surface area contributed by atoms with Gasteiger partial charge in [-0.2, -0.15) is 4.98 Å². The monoisotopic (exact) mass is 346 g/mol. The first kappa shape index (κ1) is 16.5. The van der Waals surface area contributed by atoms with Gasteiger partial charge in [0.25, 0.3) is 5.91 Å². The van der Waals surface area contributed by atoms with Crippen molar-refractivity contribution in [3.8, 4) is 0 Å². The Morgan fingerprint density at radius 3 is 2.88 bits per heavy atom. The zero-order chi connectivity index (χ0) is 16.9. The van der Waals surface area contributed by atoms with Crippen molar-refractivity contribution in [2.24, 2.45) is 0 Å². The van der Waals surface area contributed by atoms with Crippen LogP contribution in [0.3, 0.4) is 0 Å². The number of thioether (sulfide) groups is 1. The molecule has 0 saturated carbocycles. The molecule has 1 fully saturated rings. The normalized spacial score (nSPS) is 17.4. The van der Waals surface area contributed by atoms with Crippen molar-refractivity contribution in [2.45, 2.75) is 36.5 Å². The molecule has 7 nitrogen and oxygen atoms in total. The van der Waals surface area contributed by atoms with Crippen molar-refractivity contribution in [2.75, 3.05) is 6.54 Å². The molecule has 1 saturated heterocycles. The average Bonchev–Trinajstić information content (AvgIpc) is 3.01. The molecule has 1 aromatic carbocycles. The van der Waals surface area contributed by atoms with Gasteiger partial charge in [-0.1, -0.05) is 5.16 Å². The fourth-order valence-corrected chi connectivity index (χ4v) is 3.13. The van der Waals surface area contributed by atoms with Gasteiger partial charge in [0.2, 0.25) is 11.8 Å². The number of benzene rings is 1. The van der Waals surface area contributed by atoms with Crippen LogP contribution in [0.1, 0.15) is 34.9 Å². The smallest absolute Gasteiger partial charge is 0.251 e. The molecular formula is C16H18N4O3S. The number of nitrogens with zero attached hydrogens (tertiary/aromatic N) is 2. The minimum Gasteiger partial charge on any atom is -0.354 e. The van der Waals surface area contributed by atoms with Gasteiger partial charge in [0.05, 0.1) is 5.75 Å².